The fourth-order valence-electron chi connectivity index (χ4n) is 2.37. The second-order valence-corrected chi connectivity index (χ2v) is 5.98. The minimum absolute atomic E-state index is 0.170. The van der Waals surface area contributed by atoms with Gasteiger partial charge in [0.05, 0.1) is 6.61 Å². The SMILES string of the molecule is Cc1csc2c1CCN(C[C@@]1(C)CO1)C2. The van der Waals surface area contributed by atoms with E-state index >= 15 is 0 Å². The Morgan fingerprint density at radius 3 is 3.13 bits per heavy atom. The predicted molar refractivity (Wildman–Crippen MR) is 62.4 cm³/mol. The number of nitrogens with zero attached hydrogens (tertiary/aromatic N) is 1. The first-order valence-corrected chi connectivity index (χ1v) is 6.46. The van der Waals surface area contributed by atoms with Gasteiger partial charge in [-0.25, -0.2) is 0 Å². The van der Waals surface area contributed by atoms with Crippen LogP contribution in [0.3, 0.4) is 0 Å². The van der Waals surface area contributed by atoms with E-state index in [0.29, 0.717) is 0 Å². The van der Waals surface area contributed by atoms with Crippen molar-refractivity contribution in [3.05, 3.63) is 21.4 Å². The highest BCUT2D eigenvalue weighted by atomic mass is 32.1. The van der Waals surface area contributed by atoms with Gasteiger partial charge in [-0.2, -0.15) is 0 Å². The van der Waals surface area contributed by atoms with E-state index in [1.165, 1.54) is 18.5 Å². The van der Waals surface area contributed by atoms with Gasteiger partial charge in [-0.3, -0.25) is 4.90 Å². The van der Waals surface area contributed by atoms with Gasteiger partial charge in [-0.15, -0.1) is 11.3 Å². The van der Waals surface area contributed by atoms with E-state index < -0.39 is 0 Å². The maximum Gasteiger partial charge on any atom is 0.101 e. The zero-order chi connectivity index (χ0) is 10.5. The summed E-state index contributed by atoms with van der Waals surface area (Å²) in [6.07, 6.45) is 1.22. The Balaban J connectivity index is 1.72. The molecule has 1 aromatic rings. The van der Waals surface area contributed by atoms with Crippen LogP contribution in [-0.4, -0.2) is 30.2 Å². The zero-order valence-corrected chi connectivity index (χ0v) is 10.2. The van der Waals surface area contributed by atoms with Gasteiger partial charge in [0.1, 0.15) is 5.60 Å². The fourth-order valence-corrected chi connectivity index (χ4v) is 3.49. The normalized spacial score (nSPS) is 30.3. The largest absolute Gasteiger partial charge is 0.369 e. The average Bonchev–Trinajstić information content (AvgIpc) is 2.81. The Morgan fingerprint density at radius 2 is 2.40 bits per heavy atom. The van der Waals surface area contributed by atoms with Crippen LogP contribution in [0.1, 0.15) is 22.9 Å². The molecule has 1 atom stereocenters. The molecule has 0 N–H and O–H groups in total. The Kier molecular flexibility index (Phi) is 2.16. The van der Waals surface area contributed by atoms with E-state index in [-0.39, 0.29) is 5.60 Å². The minimum Gasteiger partial charge on any atom is -0.369 e. The number of hydrogen-bond acceptors (Lipinski definition) is 3. The summed E-state index contributed by atoms with van der Waals surface area (Å²) in [4.78, 5) is 4.11. The lowest BCUT2D eigenvalue weighted by Gasteiger charge is -2.28. The minimum atomic E-state index is 0.170. The van der Waals surface area contributed by atoms with Gasteiger partial charge in [-0.05, 0) is 36.8 Å². The summed E-state index contributed by atoms with van der Waals surface area (Å²) in [7, 11) is 0. The summed E-state index contributed by atoms with van der Waals surface area (Å²) >= 11 is 1.92. The Bertz CT molecular complexity index is 381. The molecular formula is C12H17NOS. The van der Waals surface area contributed by atoms with Crippen LogP contribution in [-0.2, 0) is 17.7 Å². The van der Waals surface area contributed by atoms with Crippen LogP contribution in [0.15, 0.2) is 5.38 Å². The molecule has 3 heterocycles. The van der Waals surface area contributed by atoms with Crippen molar-refractivity contribution in [3.63, 3.8) is 0 Å². The smallest absolute Gasteiger partial charge is 0.101 e. The number of thiophene rings is 1. The zero-order valence-electron chi connectivity index (χ0n) is 9.38. The molecule has 0 amide bonds. The first-order chi connectivity index (χ1) is 7.16. The van der Waals surface area contributed by atoms with E-state index in [1.807, 2.05) is 11.3 Å². The molecule has 1 aromatic heterocycles. The molecule has 2 aliphatic heterocycles. The van der Waals surface area contributed by atoms with E-state index in [9.17, 15) is 0 Å². The summed E-state index contributed by atoms with van der Waals surface area (Å²) in [6, 6.07) is 0. The fraction of sp³-hybridized carbons (Fsp3) is 0.667. The highest BCUT2D eigenvalue weighted by molar-refractivity contribution is 7.10. The summed E-state index contributed by atoms with van der Waals surface area (Å²) in [5.41, 5.74) is 3.27. The number of ether oxygens (including phenoxy) is 1. The van der Waals surface area contributed by atoms with Crippen molar-refractivity contribution in [2.24, 2.45) is 0 Å². The third-order valence-electron chi connectivity index (χ3n) is 3.43. The molecule has 0 spiro atoms. The lowest BCUT2D eigenvalue weighted by atomic mass is 10.0. The van der Waals surface area contributed by atoms with Crippen molar-refractivity contribution in [1.29, 1.82) is 0 Å². The molecular weight excluding hydrogens is 206 g/mol. The highest BCUT2D eigenvalue weighted by Crippen LogP contribution is 2.32. The summed E-state index contributed by atoms with van der Waals surface area (Å²) < 4.78 is 5.45. The Morgan fingerprint density at radius 1 is 1.60 bits per heavy atom. The van der Waals surface area contributed by atoms with Crippen LogP contribution < -0.4 is 0 Å². The van der Waals surface area contributed by atoms with Crippen LogP contribution in [0.25, 0.3) is 0 Å². The average molecular weight is 223 g/mol. The number of rotatable bonds is 2. The number of hydrogen-bond donors (Lipinski definition) is 0. The van der Waals surface area contributed by atoms with E-state index in [4.69, 9.17) is 4.74 Å². The summed E-state index contributed by atoms with van der Waals surface area (Å²) in [5.74, 6) is 0. The van der Waals surface area contributed by atoms with Crippen molar-refractivity contribution in [2.45, 2.75) is 32.4 Å². The standard InChI is InChI=1S/C12H17NOS/c1-9-6-15-11-5-13(4-3-10(9)11)7-12(2)8-14-12/h6H,3-5,7-8H2,1-2H3/t12-/m0/s1. The van der Waals surface area contributed by atoms with Crippen LogP contribution in [0.5, 0.6) is 0 Å². The molecule has 2 nitrogen and oxygen atoms in total. The third-order valence-corrected chi connectivity index (χ3v) is 4.56. The summed E-state index contributed by atoms with van der Waals surface area (Å²) in [6.45, 7) is 8.82. The molecule has 3 heteroatoms. The molecule has 0 saturated carbocycles. The quantitative estimate of drug-likeness (QED) is 0.714. The molecule has 0 bridgehead atoms. The van der Waals surface area contributed by atoms with Crippen LogP contribution >= 0.6 is 11.3 Å². The Labute approximate surface area is 94.9 Å². The van der Waals surface area contributed by atoms with E-state index in [2.05, 4.69) is 24.1 Å². The topological polar surface area (TPSA) is 15.8 Å². The second kappa shape index (κ2) is 3.30. The second-order valence-electron chi connectivity index (χ2n) is 5.02. The van der Waals surface area contributed by atoms with Crippen molar-refractivity contribution >= 4 is 11.3 Å². The lowest BCUT2D eigenvalue weighted by Crippen LogP contribution is -2.36. The molecule has 1 saturated heterocycles. The van der Waals surface area contributed by atoms with Gasteiger partial charge < -0.3 is 4.74 Å². The first kappa shape index (κ1) is 9.82. The van der Waals surface area contributed by atoms with Gasteiger partial charge >= 0.3 is 0 Å². The van der Waals surface area contributed by atoms with Crippen molar-refractivity contribution in [3.8, 4) is 0 Å². The van der Waals surface area contributed by atoms with Crippen molar-refractivity contribution < 1.29 is 4.74 Å². The van der Waals surface area contributed by atoms with Gasteiger partial charge in [0, 0.05) is 24.5 Å². The van der Waals surface area contributed by atoms with Crippen molar-refractivity contribution in [1.82, 2.24) is 4.90 Å². The molecule has 82 valence electrons. The maximum absolute atomic E-state index is 5.45. The van der Waals surface area contributed by atoms with Gasteiger partial charge in [0.2, 0.25) is 0 Å². The van der Waals surface area contributed by atoms with E-state index in [1.54, 1.807) is 10.4 Å². The Hall–Kier alpha value is -0.380. The highest BCUT2D eigenvalue weighted by Gasteiger charge is 2.41. The van der Waals surface area contributed by atoms with E-state index in [0.717, 1.165) is 19.7 Å². The monoisotopic (exact) mass is 223 g/mol. The first-order valence-electron chi connectivity index (χ1n) is 5.58. The molecule has 0 radical (unpaired) electrons. The molecule has 0 unspecified atom stereocenters. The van der Waals surface area contributed by atoms with Crippen molar-refractivity contribution in [2.75, 3.05) is 19.7 Å². The van der Waals surface area contributed by atoms with Crippen LogP contribution in [0.4, 0.5) is 0 Å². The predicted octanol–water partition coefficient (Wildman–Crippen LogP) is 2.20. The van der Waals surface area contributed by atoms with Gasteiger partial charge in [0.25, 0.3) is 0 Å². The molecule has 0 aliphatic carbocycles. The number of fused-ring (bicyclic) bond motifs is 1. The third kappa shape index (κ3) is 1.84. The lowest BCUT2D eigenvalue weighted by molar-refractivity contribution is 0.185. The molecule has 1 fully saturated rings. The number of epoxide rings is 1. The molecule has 0 aromatic carbocycles. The number of aryl methyl sites for hydroxylation is 1. The molecule has 15 heavy (non-hydrogen) atoms. The molecule has 2 aliphatic rings. The molecule has 3 rings (SSSR count). The van der Waals surface area contributed by atoms with Gasteiger partial charge in [0.15, 0.2) is 0 Å². The van der Waals surface area contributed by atoms with Gasteiger partial charge in [-0.1, -0.05) is 0 Å². The summed E-state index contributed by atoms with van der Waals surface area (Å²) in [5, 5.41) is 2.30. The van der Waals surface area contributed by atoms with Crippen LogP contribution in [0.2, 0.25) is 0 Å². The van der Waals surface area contributed by atoms with Crippen LogP contribution in [0, 0.1) is 6.92 Å². The maximum atomic E-state index is 5.45.